The van der Waals surface area contributed by atoms with Crippen molar-refractivity contribution in [2.45, 2.75) is 39.2 Å². The maximum Gasteiger partial charge on any atom is 0.345 e. The molecule has 0 aliphatic carbocycles. The van der Waals surface area contributed by atoms with Crippen LogP contribution in [0.4, 0.5) is 0 Å². The van der Waals surface area contributed by atoms with Crippen LogP contribution in [0.15, 0.2) is 0 Å². The third-order valence-corrected chi connectivity index (χ3v) is 1.37. The van der Waals surface area contributed by atoms with Gasteiger partial charge in [0.1, 0.15) is 0 Å². The van der Waals surface area contributed by atoms with Crippen LogP contribution in [0.5, 0.6) is 0 Å². The van der Waals surface area contributed by atoms with Gasteiger partial charge in [-0.2, -0.15) is 0 Å². The van der Waals surface area contributed by atoms with Crippen LogP contribution in [0.2, 0.25) is 0 Å². The molecule has 0 heterocycles. The summed E-state index contributed by atoms with van der Waals surface area (Å²) in [5.74, 6) is -1.52. The van der Waals surface area contributed by atoms with Crippen molar-refractivity contribution in [1.82, 2.24) is 0 Å². The quantitative estimate of drug-likeness (QED) is 0.506. The van der Waals surface area contributed by atoms with E-state index in [9.17, 15) is 9.59 Å². The summed E-state index contributed by atoms with van der Waals surface area (Å²) in [7, 11) is 0. The van der Waals surface area contributed by atoms with E-state index in [0.29, 0.717) is 12.8 Å². The molecule has 0 spiro atoms. The van der Waals surface area contributed by atoms with Crippen molar-refractivity contribution in [1.29, 1.82) is 0 Å². The molecule has 0 radical (unpaired) electrons. The third kappa shape index (κ3) is 6.62. The Kier molecular flexibility index (Phi) is 9.31. The first-order valence-corrected chi connectivity index (χ1v) is 4.04. The molecule has 4 nitrogen and oxygen atoms in total. The molecule has 13 heavy (non-hydrogen) atoms. The minimum Gasteiger partial charge on any atom is -0.479 e. The van der Waals surface area contributed by atoms with Crippen molar-refractivity contribution >= 4 is 29.3 Å². The second-order valence-corrected chi connectivity index (χ2v) is 2.47. The maximum atomic E-state index is 10.8. The lowest BCUT2D eigenvalue weighted by Gasteiger charge is -2.10. The zero-order valence-electron chi connectivity index (χ0n) is 7.37. The second-order valence-electron chi connectivity index (χ2n) is 2.47. The number of carbonyl (C=O) groups excluding carboxylic acids is 1. The number of carboxylic acids is 1. The van der Waals surface area contributed by atoms with Crippen LogP contribution in [0.25, 0.3) is 0 Å². The van der Waals surface area contributed by atoms with Gasteiger partial charge in [-0.1, -0.05) is 13.8 Å². The number of carbonyl (C=O) groups is 2. The Labute approximate surface area is 88.4 Å². The first-order chi connectivity index (χ1) is 5.61. The Morgan fingerprint density at radius 3 is 2.23 bits per heavy atom. The number of esters is 1. The van der Waals surface area contributed by atoms with Gasteiger partial charge >= 0.3 is 11.9 Å². The second kappa shape index (κ2) is 8.09. The smallest absolute Gasteiger partial charge is 0.345 e. The molecule has 0 aromatic carbocycles. The number of ether oxygens (including phenoxy) is 1. The van der Waals surface area contributed by atoms with Gasteiger partial charge in [-0.25, -0.2) is 4.79 Å². The molecule has 5 heteroatoms. The van der Waals surface area contributed by atoms with Gasteiger partial charge in [0.05, 0.1) is 0 Å². The van der Waals surface area contributed by atoms with E-state index in [2.05, 4.69) is 4.74 Å². The maximum absolute atomic E-state index is 10.8. The zero-order chi connectivity index (χ0) is 9.56. The molecule has 0 aliphatic heterocycles. The number of hydrogen-bond acceptors (Lipinski definition) is 3. The van der Waals surface area contributed by atoms with Crippen molar-refractivity contribution in [2.24, 2.45) is 0 Å². The zero-order valence-corrected chi connectivity index (χ0v) is 7.37. The Hall–Kier alpha value is -0.528. The molecule has 76 valence electrons. The molecule has 0 rings (SSSR count). The van der Waals surface area contributed by atoms with Gasteiger partial charge in [-0.05, 0) is 12.8 Å². The number of rotatable bonds is 5. The molecule has 1 unspecified atom stereocenters. The predicted molar refractivity (Wildman–Crippen MR) is 52.7 cm³/mol. The summed E-state index contributed by atoms with van der Waals surface area (Å²) in [6, 6.07) is 0. The molecule has 0 bridgehead atoms. The first-order valence-electron chi connectivity index (χ1n) is 4.04. The summed E-state index contributed by atoms with van der Waals surface area (Å²) in [4.78, 5) is 21.2. The minimum absolute atomic E-state index is 0. The van der Waals surface area contributed by atoms with Gasteiger partial charge in [-0.15, -0.1) is 0 Å². The molecule has 1 atom stereocenters. The van der Waals surface area contributed by atoms with Crippen molar-refractivity contribution in [3.05, 3.63) is 0 Å². The number of hydrogen-bond donors (Lipinski definition) is 1. The van der Waals surface area contributed by atoms with E-state index in [0.717, 1.165) is 0 Å². The van der Waals surface area contributed by atoms with E-state index >= 15 is 0 Å². The van der Waals surface area contributed by atoms with Gasteiger partial charge in [0, 0.05) is 6.42 Å². The van der Waals surface area contributed by atoms with E-state index in [1.165, 1.54) is 0 Å². The van der Waals surface area contributed by atoms with E-state index in [1.54, 1.807) is 6.92 Å². The average Bonchev–Trinajstić information content (AvgIpc) is 2.00. The fourth-order valence-electron chi connectivity index (χ4n) is 0.730. The van der Waals surface area contributed by atoms with Crippen molar-refractivity contribution in [3.8, 4) is 0 Å². The summed E-state index contributed by atoms with van der Waals surface area (Å²) in [6.07, 6.45) is 0.285. The van der Waals surface area contributed by atoms with E-state index in [-0.39, 0.29) is 23.8 Å². The first kappa shape index (κ1) is 15.0. The average molecular weight is 204 g/mol. The van der Waals surface area contributed by atoms with Crippen molar-refractivity contribution in [2.75, 3.05) is 0 Å². The van der Waals surface area contributed by atoms with Crippen molar-refractivity contribution < 1.29 is 19.4 Å². The minimum atomic E-state index is -1.08. The van der Waals surface area contributed by atoms with Crippen LogP contribution in [0.1, 0.15) is 33.1 Å². The molecular formula is C8H17AlO4. The topological polar surface area (TPSA) is 63.6 Å². The number of carboxylic acid groups (broad SMARTS) is 1. The summed E-state index contributed by atoms with van der Waals surface area (Å²) < 4.78 is 4.66. The standard InChI is InChI=1S/C8H14O4.Al.3H/c1-3-5-7(9)12-6(4-2)8(10)11;;;;/h6H,3-5H2,1-2H3,(H,10,11);;;;. The van der Waals surface area contributed by atoms with Gasteiger partial charge in [0.15, 0.2) is 23.5 Å². The molecule has 0 aliphatic rings. The van der Waals surface area contributed by atoms with Crippen LogP contribution >= 0.6 is 0 Å². The molecule has 0 amide bonds. The predicted octanol–water partition coefficient (Wildman–Crippen LogP) is 0.00900. The Morgan fingerprint density at radius 2 is 1.92 bits per heavy atom. The summed E-state index contributed by atoms with van der Waals surface area (Å²) in [5.41, 5.74) is 0. The van der Waals surface area contributed by atoms with E-state index in [4.69, 9.17) is 5.11 Å². The third-order valence-electron chi connectivity index (χ3n) is 1.37. The SMILES string of the molecule is CCCC(=O)OC(CC)C(=O)O.[AlH3]. The normalized spacial score (nSPS) is 11.2. The summed E-state index contributed by atoms with van der Waals surface area (Å²) in [5, 5.41) is 8.51. The molecule has 0 saturated carbocycles. The number of aliphatic carboxylic acids is 1. The lowest BCUT2D eigenvalue weighted by molar-refractivity contribution is -0.164. The monoisotopic (exact) mass is 204 g/mol. The van der Waals surface area contributed by atoms with Crippen LogP contribution in [0, 0.1) is 0 Å². The highest BCUT2D eigenvalue weighted by Crippen LogP contribution is 2.01. The van der Waals surface area contributed by atoms with Crippen LogP contribution in [0.3, 0.4) is 0 Å². The Bertz CT molecular complexity index is 170. The van der Waals surface area contributed by atoms with Crippen molar-refractivity contribution in [3.63, 3.8) is 0 Å². The highest BCUT2D eigenvalue weighted by molar-refractivity contribution is 5.77. The Balaban J connectivity index is 0. The van der Waals surface area contributed by atoms with E-state index < -0.39 is 18.0 Å². The van der Waals surface area contributed by atoms with E-state index in [1.807, 2.05) is 6.92 Å². The molecule has 0 aromatic rings. The van der Waals surface area contributed by atoms with Gasteiger partial charge < -0.3 is 9.84 Å². The van der Waals surface area contributed by atoms with Crippen LogP contribution < -0.4 is 0 Å². The fourth-order valence-corrected chi connectivity index (χ4v) is 0.730. The highest BCUT2D eigenvalue weighted by Gasteiger charge is 2.18. The molecule has 0 saturated heterocycles. The van der Waals surface area contributed by atoms with Crippen LogP contribution in [-0.2, 0) is 14.3 Å². The van der Waals surface area contributed by atoms with Gasteiger partial charge in [-0.3, -0.25) is 4.79 Å². The largest absolute Gasteiger partial charge is 0.479 e. The fraction of sp³-hybridized carbons (Fsp3) is 0.750. The van der Waals surface area contributed by atoms with Gasteiger partial charge in [0.25, 0.3) is 0 Å². The van der Waals surface area contributed by atoms with Crippen LogP contribution in [-0.4, -0.2) is 40.5 Å². The lowest BCUT2D eigenvalue weighted by Crippen LogP contribution is -2.25. The molecular weight excluding hydrogens is 187 g/mol. The highest BCUT2D eigenvalue weighted by atomic mass is 27.0. The summed E-state index contributed by atoms with van der Waals surface area (Å²) in [6.45, 7) is 3.50. The molecule has 0 fully saturated rings. The molecule has 1 N–H and O–H groups in total. The summed E-state index contributed by atoms with van der Waals surface area (Å²) >= 11 is 0. The lowest BCUT2D eigenvalue weighted by atomic mass is 10.3. The Morgan fingerprint density at radius 1 is 1.38 bits per heavy atom. The van der Waals surface area contributed by atoms with Gasteiger partial charge in [0.2, 0.25) is 0 Å². The molecule has 0 aromatic heterocycles.